The van der Waals surface area contributed by atoms with Crippen LogP contribution in [0.3, 0.4) is 0 Å². The molecule has 1 aromatic carbocycles. The minimum absolute atomic E-state index is 0.321. The SMILES string of the molecule is CCC(N1CCCCC1)C(C)(N)c1ccc(OC)cc1. The maximum atomic E-state index is 6.73. The van der Waals surface area contributed by atoms with E-state index in [1.54, 1.807) is 7.11 Å². The first-order valence-electron chi connectivity index (χ1n) is 7.77. The molecule has 0 aromatic heterocycles. The van der Waals surface area contributed by atoms with Crippen LogP contribution in [0, 0.1) is 0 Å². The van der Waals surface area contributed by atoms with Crippen LogP contribution >= 0.6 is 0 Å². The molecule has 2 rings (SSSR count). The first-order valence-corrected chi connectivity index (χ1v) is 7.77. The molecule has 112 valence electrons. The Labute approximate surface area is 123 Å². The monoisotopic (exact) mass is 276 g/mol. The molecule has 1 saturated heterocycles. The van der Waals surface area contributed by atoms with Crippen LogP contribution in [0.1, 0.15) is 45.1 Å². The smallest absolute Gasteiger partial charge is 0.118 e. The number of hydrogen-bond donors (Lipinski definition) is 1. The van der Waals surface area contributed by atoms with Gasteiger partial charge in [0, 0.05) is 6.04 Å². The number of rotatable bonds is 5. The van der Waals surface area contributed by atoms with Crippen LogP contribution < -0.4 is 10.5 Å². The van der Waals surface area contributed by atoms with Gasteiger partial charge in [0.1, 0.15) is 5.75 Å². The molecule has 3 nitrogen and oxygen atoms in total. The lowest BCUT2D eigenvalue weighted by atomic mass is 9.82. The Kier molecular flexibility index (Phi) is 5.06. The molecule has 1 aliphatic rings. The Balaban J connectivity index is 2.20. The Morgan fingerprint density at radius 3 is 2.30 bits per heavy atom. The zero-order chi connectivity index (χ0) is 14.6. The second-order valence-corrected chi connectivity index (χ2v) is 6.03. The average Bonchev–Trinajstić information content (AvgIpc) is 2.49. The van der Waals surface area contributed by atoms with E-state index in [9.17, 15) is 0 Å². The summed E-state index contributed by atoms with van der Waals surface area (Å²) in [5, 5.41) is 0. The van der Waals surface area contributed by atoms with Crippen LogP contribution in [0.15, 0.2) is 24.3 Å². The average molecular weight is 276 g/mol. The van der Waals surface area contributed by atoms with Crippen LogP contribution in [-0.2, 0) is 5.54 Å². The lowest BCUT2D eigenvalue weighted by Crippen LogP contribution is -2.55. The minimum Gasteiger partial charge on any atom is -0.497 e. The second kappa shape index (κ2) is 6.59. The summed E-state index contributed by atoms with van der Waals surface area (Å²) in [7, 11) is 1.69. The van der Waals surface area contributed by atoms with E-state index in [0.29, 0.717) is 6.04 Å². The number of piperidine rings is 1. The molecule has 0 aliphatic carbocycles. The molecule has 0 saturated carbocycles. The van der Waals surface area contributed by atoms with E-state index in [4.69, 9.17) is 10.5 Å². The lowest BCUT2D eigenvalue weighted by Gasteiger charge is -2.43. The van der Waals surface area contributed by atoms with Crippen molar-refractivity contribution < 1.29 is 4.74 Å². The Bertz CT molecular complexity index is 408. The minimum atomic E-state index is -0.321. The number of ether oxygens (including phenoxy) is 1. The lowest BCUT2D eigenvalue weighted by molar-refractivity contribution is 0.100. The van der Waals surface area contributed by atoms with Crippen molar-refractivity contribution in [3.8, 4) is 5.75 Å². The van der Waals surface area contributed by atoms with Gasteiger partial charge in [0.05, 0.1) is 12.6 Å². The van der Waals surface area contributed by atoms with E-state index < -0.39 is 0 Å². The summed E-state index contributed by atoms with van der Waals surface area (Å²) in [5.74, 6) is 0.885. The van der Waals surface area contributed by atoms with Gasteiger partial charge in [-0.25, -0.2) is 0 Å². The van der Waals surface area contributed by atoms with Crippen molar-refractivity contribution >= 4 is 0 Å². The molecule has 2 unspecified atom stereocenters. The van der Waals surface area contributed by atoms with Crippen LogP contribution in [0.25, 0.3) is 0 Å². The normalized spacial score (nSPS) is 21.2. The number of nitrogens with zero attached hydrogens (tertiary/aromatic N) is 1. The molecule has 1 aromatic rings. The van der Waals surface area contributed by atoms with Crippen molar-refractivity contribution in [1.29, 1.82) is 0 Å². The zero-order valence-electron chi connectivity index (χ0n) is 13.1. The van der Waals surface area contributed by atoms with Crippen LogP contribution in [-0.4, -0.2) is 31.1 Å². The molecule has 1 fully saturated rings. The summed E-state index contributed by atoms with van der Waals surface area (Å²) in [6.45, 7) is 6.77. The van der Waals surface area contributed by atoms with Crippen molar-refractivity contribution in [1.82, 2.24) is 4.90 Å². The first kappa shape index (κ1) is 15.3. The quantitative estimate of drug-likeness (QED) is 0.898. The summed E-state index contributed by atoms with van der Waals surface area (Å²) < 4.78 is 5.23. The highest BCUT2D eigenvalue weighted by Gasteiger charge is 2.35. The third-order valence-corrected chi connectivity index (χ3v) is 4.62. The van der Waals surface area contributed by atoms with Crippen molar-refractivity contribution in [2.75, 3.05) is 20.2 Å². The molecule has 1 heterocycles. The molecule has 0 bridgehead atoms. The van der Waals surface area contributed by atoms with E-state index in [-0.39, 0.29) is 5.54 Å². The fourth-order valence-electron chi connectivity index (χ4n) is 3.43. The maximum absolute atomic E-state index is 6.73. The maximum Gasteiger partial charge on any atom is 0.118 e. The molecule has 20 heavy (non-hydrogen) atoms. The van der Waals surface area contributed by atoms with Crippen molar-refractivity contribution in [3.05, 3.63) is 29.8 Å². The number of methoxy groups -OCH3 is 1. The molecule has 3 heteroatoms. The number of benzene rings is 1. The van der Waals surface area contributed by atoms with Crippen molar-refractivity contribution in [3.63, 3.8) is 0 Å². The van der Waals surface area contributed by atoms with E-state index in [0.717, 1.165) is 12.2 Å². The van der Waals surface area contributed by atoms with E-state index in [1.807, 2.05) is 12.1 Å². The standard InChI is InChI=1S/C17H28N2O/c1-4-16(19-12-6-5-7-13-19)17(2,18)14-8-10-15(20-3)11-9-14/h8-11,16H,4-7,12-13,18H2,1-3H3. The summed E-state index contributed by atoms with van der Waals surface area (Å²) in [6, 6.07) is 8.61. The van der Waals surface area contributed by atoms with Crippen molar-refractivity contribution in [2.45, 2.75) is 51.1 Å². The van der Waals surface area contributed by atoms with Gasteiger partial charge in [0.15, 0.2) is 0 Å². The third kappa shape index (κ3) is 3.15. The number of likely N-dealkylation sites (tertiary alicyclic amines) is 1. The topological polar surface area (TPSA) is 38.5 Å². The molecule has 0 spiro atoms. The van der Waals surface area contributed by atoms with E-state index in [1.165, 1.54) is 37.9 Å². The second-order valence-electron chi connectivity index (χ2n) is 6.03. The van der Waals surface area contributed by atoms with Gasteiger partial charge in [-0.2, -0.15) is 0 Å². The molecule has 1 aliphatic heterocycles. The van der Waals surface area contributed by atoms with E-state index in [2.05, 4.69) is 30.9 Å². The first-order chi connectivity index (χ1) is 9.59. The third-order valence-electron chi connectivity index (χ3n) is 4.62. The van der Waals surface area contributed by atoms with E-state index >= 15 is 0 Å². The Hall–Kier alpha value is -1.06. The predicted octanol–water partition coefficient (Wildman–Crippen LogP) is 3.13. The zero-order valence-corrected chi connectivity index (χ0v) is 13.1. The largest absolute Gasteiger partial charge is 0.497 e. The number of hydrogen-bond acceptors (Lipinski definition) is 3. The van der Waals surface area contributed by atoms with Crippen LogP contribution in [0.2, 0.25) is 0 Å². The van der Waals surface area contributed by atoms with Gasteiger partial charge in [-0.1, -0.05) is 25.5 Å². The van der Waals surface area contributed by atoms with Gasteiger partial charge in [-0.15, -0.1) is 0 Å². The molecule has 2 N–H and O–H groups in total. The Morgan fingerprint density at radius 2 is 1.80 bits per heavy atom. The van der Waals surface area contributed by atoms with Gasteiger partial charge in [-0.05, 0) is 57.0 Å². The highest BCUT2D eigenvalue weighted by Crippen LogP contribution is 2.30. The highest BCUT2D eigenvalue weighted by molar-refractivity contribution is 5.32. The molecular formula is C17H28N2O. The highest BCUT2D eigenvalue weighted by atomic mass is 16.5. The van der Waals surface area contributed by atoms with Crippen LogP contribution in [0.4, 0.5) is 0 Å². The summed E-state index contributed by atoms with van der Waals surface area (Å²) in [4.78, 5) is 2.58. The predicted molar refractivity (Wildman–Crippen MR) is 84.0 cm³/mol. The van der Waals surface area contributed by atoms with Gasteiger partial charge in [-0.3, -0.25) is 4.90 Å². The molecule has 0 radical (unpaired) electrons. The van der Waals surface area contributed by atoms with Gasteiger partial charge in [0.2, 0.25) is 0 Å². The fraction of sp³-hybridized carbons (Fsp3) is 0.647. The number of nitrogens with two attached hydrogens (primary N) is 1. The summed E-state index contributed by atoms with van der Waals surface area (Å²) in [5.41, 5.74) is 7.60. The van der Waals surface area contributed by atoms with Crippen molar-refractivity contribution in [2.24, 2.45) is 5.73 Å². The van der Waals surface area contributed by atoms with Gasteiger partial charge in [0.25, 0.3) is 0 Å². The van der Waals surface area contributed by atoms with Gasteiger partial charge < -0.3 is 10.5 Å². The fourth-order valence-corrected chi connectivity index (χ4v) is 3.43. The summed E-state index contributed by atoms with van der Waals surface area (Å²) >= 11 is 0. The van der Waals surface area contributed by atoms with Crippen LogP contribution in [0.5, 0.6) is 5.75 Å². The summed E-state index contributed by atoms with van der Waals surface area (Å²) in [6.07, 6.45) is 5.04. The molecule has 0 amide bonds. The van der Waals surface area contributed by atoms with Gasteiger partial charge >= 0.3 is 0 Å². The Morgan fingerprint density at radius 1 is 1.20 bits per heavy atom. The molecular weight excluding hydrogens is 248 g/mol. The molecule has 2 atom stereocenters.